The summed E-state index contributed by atoms with van der Waals surface area (Å²) in [6, 6.07) is 22.4. The number of aryl methyl sites for hydroxylation is 1. The van der Waals surface area contributed by atoms with Crippen molar-refractivity contribution in [2.75, 3.05) is 5.75 Å². The van der Waals surface area contributed by atoms with Crippen molar-refractivity contribution in [3.8, 4) is 0 Å². The van der Waals surface area contributed by atoms with Crippen LogP contribution in [0.3, 0.4) is 0 Å². The van der Waals surface area contributed by atoms with E-state index in [2.05, 4.69) is 51.3 Å². The number of carbonyl (C=O) groups excluding carboxylic acids is 1. The van der Waals surface area contributed by atoms with E-state index in [1.54, 1.807) is 0 Å². The fraction of sp³-hybridized carbons (Fsp3) is 0.174. The fourth-order valence-electron chi connectivity index (χ4n) is 3.26. The molecule has 146 valence electrons. The Hall–Kier alpha value is -3.12. The standard InChI is InChI=1S/C23H22N4OS/c1-3-27-21-11-7-6-10-20(21)24-23(27)29-15-22(28)26-25-16(2)18-13-12-17-8-4-5-9-19(17)14-18/h4-14H,3,15H2,1-2H3,(H,26,28)/b25-16-. The number of hydrogen-bond donors (Lipinski definition) is 1. The Morgan fingerprint density at radius 3 is 2.66 bits per heavy atom. The van der Waals surface area contributed by atoms with Crippen LogP contribution in [0.2, 0.25) is 0 Å². The van der Waals surface area contributed by atoms with Gasteiger partial charge in [0.2, 0.25) is 0 Å². The molecule has 1 aromatic heterocycles. The van der Waals surface area contributed by atoms with E-state index in [4.69, 9.17) is 0 Å². The maximum Gasteiger partial charge on any atom is 0.250 e. The zero-order chi connectivity index (χ0) is 20.2. The van der Waals surface area contributed by atoms with Crippen molar-refractivity contribution in [2.24, 2.45) is 5.10 Å². The second kappa shape index (κ2) is 8.49. The summed E-state index contributed by atoms with van der Waals surface area (Å²) in [6.07, 6.45) is 0. The first-order chi connectivity index (χ1) is 14.2. The van der Waals surface area contributed by atoms with Gasteiger partial charge in [0, 0.05) is 6.54 Å². The Labute approximate surface area is 173 Å². The van der Waals surface area contributed by atoms with Crippen LogP contribution in [0.4, 0.5) is 0 Å². The lowest BCUT2D eigenvalue weighted by Crippen LogP contribution is -2.21. The fourth-order valence-corrected chi connectivity index (χ4v) is 4.13. The van der Waals surface area contributed by atoms with Crippen LogP contribution in [0.1, 0.15) is 19.4 Å². The molecule has 3 aromatic carbocycles. The number of aromatic nitrogens is 2. The van der Waals surface area contributed by atoms with Crippen LogP contribution in [-0.2, 0) is 11.3 Å². The molecule has 0 atom stereocenters. The van der Waals surface area contributed by atoms with Gasteiger partial charge in [-0.1, -0.05) is 60.3 Å². The summed E-state index contributed by atoms with van der Waals surface area (Å²) in [5.74, 6) is 0.113. The highest BCUT2D eigenvalue weighted by molar-refractivity contribution is 7.99. The number of thioether (sulfide) groups is 1. The molecule has 4 aromatic rings. The Bertz CT molecular complexity index is 1210. The SMILES string of the molecule is CCn1c(SCC(=O)N/N=C(/C)c2ccc3ccccc3c2)nc2ccccc21. The number of amides is 1. The molecule has 1 N–H and O–H groups in total. The Morgan fingerprint density at radius 2 is 1.83 bits per heavy atom. The zero-order valence-electron chi connectivity index (χ0n) is 16.4. The number of benzene rings is 3. The van der Waals surface area contributed by atoms with Crippen molar-refractivity contribution >= 4 is 45.2 Å². The molecule has 0 aliphatic heterocycles. The third-order valence-corrected chi connectivity index (χ3v) is 5.76. The van der Waals surface area contributed by atoms with Gasteiger partial charge in [-0.15, -0.1) is 0 Å². The van der Waals surface area contributed by atoms with Gasteiger partial charge in [0.1, 0.15) is 0 Å². The lowest BCUT2D eigenvalue weighted by molar-refractivity contribution is -0.118. The number of hydrogen-bond acceptors (Lipinski definition) is 4. The molecular formula is C23H22N4OS. The van der Waals surface area contributed by atoms with E-state index < -0.39 is 0 Å². The predicted octanol–water partition coefficient (Wildman–Crippen LogP) is 4.84. The van der Waals surface area contributed by atoms with Gasteiger partial charge in [0.25, 0.3) is 5.91 Å². The summed E-state index contributed by atoms with van der Waals surface area (Å²) in [4.78, 5) is 16.9. The van der Waals surface area contributed by atoms with Crippen molar-refractivity contribution in [1.29, 1.82) is 0 Å². The second-order valence-corrected chi connectivity index (χ2v) is 7.65. The molecule has 0 bridgehead atoms. The lowest BCUT2D eigenvalue weighted by atomic mass is 10.0. The highest BCUT2D eigenvalue weighted by atomic mass is 32.2. The van der Waals surface area contributed by atoms with Gasteiger partial charge in [-0.25, -0.2) is 10.4 Å². The summed E-state index contributed by atoms with van der Waals surface area (Å²) in [5, 5.41) is 7.46. The number of nitrogens with one attached hydrogen (secondary N) is 1. The van der Waals surface area contributed by atoms with Gasteiger partial charge >= 0.3 is 0 Å². The molecule has 6 heteroatoms. The molecule has 0 radical (unpaired) electrons. The number of nitrogens with zero attached hydrogens (tertiary/aromatic N) is 3. The van der Waals surface area contributed by atoms with Crippen molar-refractivity contribution in [3.05, 3.63) is 72.3 Å². The minimum Gasteiger partial charge on any atom is -0.319 e. The molecule has 0 aliphatic rings. The van der Waals surface area contributed by atoms with Gasteiger partial charge in [0.15, 0.2) is 5.16 Å². The quantitative estimate of drug-likeness (QED) is 0.285. The number of fused-ring (bicyclic) bond motifs is 2. The molecule has 0 saturated heterocycles. The van der Waals surface area contributed by atoms with Gasteiger partial charge in [-0.05, 0) is 48.4 Å². The van der Waals surface area contributed by atoms with Crippen molar-refractivity contribution in [1.82, 2.24) is 15.0 Å². The van der Waals surface area contributed by atoms with E-state index >= 15 is 0 Å². The third kappa shape index (κ3) is 4.17. The topological polar surface area (TPSA) is 59.3 Å². The Morgan fingerprint density at radius 1 is 1.07 bits per heavy atom. The maximum atomic E-state index is 12.3. The van der Waals surface area contributed by atoms with Crippen LogP contribution in [0, 0.1) is 0 Å². The monoisotopic (exact) mass is 402 g/mol. The average Bonchev–Trinajstić information content (AvgIpc) is 3.13. The minimum atomic E-state index is -0.148. The van der Waals surface area contributed by atoms with Gasteiger partial charge in [0.05, 0.1) is 22.5 Å². The molecule has 29 heavy (non-hydrogen) atoms. The molecule has 1 heterocycles. The molecule has 0 fully saturated rings. The predicted molar refractivity (Wildman–Crippen MR) is 120 cm³/mol. The minimum absolute atomic E-state index is 0.148. The number of imidazole rings is 1. The smallest absolute Gasteiger partial charge is 0.250 e. The van der Waals surface area contributed by atoms with Crippen LogP contribution in [-0.4, -0.2) is 26.9 Å². The van der Waals surface area contributed by atoms with Gasteiger partial charge in [-0.3, -0.25) is 4.79 Å². The second-order valence-electron chi connectivity index (χ2n) is 6.71. The van der Waals surface area contributed by atoms with Gasteiger partial charge in [-0.2, -0.15) is 5.10 Å². The highest BCUT2D eigenvalue weighted by Gasteiger charge is 2.11. The lowest BCUT2D eigenvalue weighted by Gasteiger charge is -2.06. The molecule has 0 spiro atoms. The summed E-state index contributed by atoms with van der Waals surface area (Å²) in [5.41, 5.74) is 6.46. The number of carbonyl (C=O) groups is 1. The number of rotatable bonds is 6. The van der Waals surface area contributed by atoms with E-state index in [0.29, 0.717) is 0 Å². The third-order valence-electron chi connectivity index (χ3n) is 4.78. The van der Waals surface area contributed by atoms with E-state index in [1.165, 1.54) is 17.1 Å². The molecular weight excluding hydrogens is 380 g/mol. The Kier molecular flexibility index (Phi) is 5.62. The molecule has 0 unspecified atom stereocenters. The first-order valence-electron chi connectivity index (χ1n) is 9.56. The zero-order valence-corrected chi connectivity index (χ0v) is 17.2. The van der Waals surface area contributed by atoms with E-state index in [0.717, 1.165) is 39.4 Å². The summed E-state index contributed by atoms with van der Waals surface area (Å²) < 4.78 is 2.12. The summed E-state index contributed by atoms with van der Waals surface area (Å²) >= 11 is 1.43. The molecule has 1 amide bonds. The first kappa shape index (κ1) is 19.2. The van der Waals surface area contributed by atoms with Crippen LogP contribution >= 0.6 is 11.8 Å². The molecule has 5 nitrogen and oxygen atoms in total. The van der Waals surface area contributed by atoms with Gasteiger partial charge < -0.3 is 4.57 Å². The van der Waals surface area contributed by atoms with Crippen LogP contribution in [0.5, 0.6) is 0 Å². The average molecular weight is 403 g/mol. The van der Waals surface area contributed by atoms with E-state index in [1.807, 2.05) is 49.4 Å². The highest BCUT2D eigenvalue weighted by Crippen LogP contribution is 2.23. The van der Waals surface area contributed by atoms with Crippen molar-refractivity contribution in [3.63, 3.8) is 0 Å². The number of para-hydroxylation sites is 2. The first-order valence-corrected chi connectivity index (χ1v) is 10.5. The van der Waals surface area contributed by atoms with Crippen LogP contribution in [0.15, 0.2) is 77.0 Å². The largest absolute Gasteiger partial charge is 0.319 e. The summed E-state index contributed by atoms with van der Waals surface area (Å²) in [6.45, 7) is 4.78. The Balaban J connectivity index is 1.41. The molecule has 4 rings (SSSR count). The van der Waals surface area contributed by atoms with Crippen LogP contribution in [0.25, 0.3) is 21.8 Å². The van der Waals surface area contributed by atoms with Crippen molar-refractivity contribution in [2.45, 2.75) is 25.5 Å². The van der Waals surface area contributed by atoms with E-state index in [-0.39, 0.29) is 11.7 Å². The van der Waals surface area contributed by atoms with Crippen LogP contribution < -0.4 is 5.43 Å². The normalized spacial score (nSPS) is 11.9. The number of hydrazone groups is 1. The summed E-state index contributed by atoms with van der Waals surface area (Å²) in [7, 11) is 0. The molecule has 0 saturated carbocycles. The maximum absolute atomic E-state index is 12.3. The molecule has 0 aliphatic carbocycles. The van der Waals surface area contributed by atoms with Crippen molar-refractivity contribution < 1.29 is 4.79 Å². The van der Waals surface area contributed by atoms with E-state index in [9.17, 15) is 4.79 Å².